The Kier molecular flexibility index (Phi) is 3.86. The van der Waals surface area contributed by atoms with E-state index in [1.54, 1.807) is 12.3 Å². The van der Waals surface area contributed by atoms with Crippen molar-refractivity contribution in [2.24, 2.45) is 0 Å². The van der Waals surface area contributed by atoms with Crippen LogP contribution in [0.5, 0.6) is 0 Å². The summed E-state index contributed by atoms with van der Waals surface area (Å²) in [5.41, 5.74) is 4.45. The molecule has 19 heavy (non-hydrogen) atoms. The molecule has 0 aliphatic heterocycles. The van der Waals surface area contributed by atoms with Crippen LogP contribution in [0.4, 0.5) is 5.69 Å². The van der Waals surface area contributed by atoms with Crippen molar-refractivity contribution in [2.75, 3.05) is 5.32 Å². The van der Waals surface area contributed by atoms with Gasteiger partial charge in [0.1, 0.15) is 0 Å². The van der Waals surface area contributed by atoms with E-state index in [4.69, 9.17) is 11.6 Å². The Labute approximate surface area is 117 Å². The summed E-state index contributed by atoms with van der Waals surface area (Å²) < 4.78 is 0. The van der Waals surface area contributed by atoms with E-state index in [9.17, 15) is 4.79 Å². The van der Waals surface area contributed by atoms with Gasteiger partial charge < -0.3 is 5.32 Å². The first-order chi connectivity index (χ1) is 8.99. The number of carbonyl (C=O) groups excluding carboxylic acids is 1. The monoisotopic (exact) mass is 274 g/mol. The topological polar surface area (TPSA) is 42.0 Å². The highest BCUT2D eigenvalue weighted by Crippen LogP contribution is 2.23. The molecule has 0 aliphatic rings. The van der Waals surface area contributed by atoms with Gasteiger partial charge in [0, 0.05) is 18.1 Å². The first-order valence-corrected chi connectivity index (χ1v) is 6.35. The number of nitrogens with one attached hydrogen (secondary N) is 1. The van der Waals surface area contributed by atoms with E-state index in [1.165, 1.54) is 11.8 Å². The SMILES string of the molecule is Cc1cc(C)c(NC(=O)c2cnccc2Cl)c(C)c1. The summed E-state index contributed by atoms with van der Waals surface area (Å²) in [4.78, 5) is 16.1. The quantitative estimate of drug-likeness (QED) is 0.902. The van der Waals surface area contributed by atoms with Gasteiger partial charge in [-0.2, -0.15) is 0 Å². The third kappa shape index (κ3) is 2.93. The number of carbonyl (C=O) groups is 1. The molecule has 2 aromatic rings. The fourth-order valence-corrected chi connectivity index (χ4v) is 2.29. The van der Waals surface area contributed by atoms with Gasteiger partial charge in [0.25, 0.3) is 5.91 Å². The number of nitrogens with zero attached hydrogens (tertiary/aromatic N) is 1. The fourth-order valence-electron chi connectivity index (χ4n) is 2.10. The summed E-state index contributed by atoms with van der Waals surface area (Å²) in [6.07, 6.45) is 3.03. The predicted octanol–water partition coefficient (Wildman–Crippen LogP) is 3.91. The number of halogens is 1. The molecule has 1 heterocycles. The van der Waals surface area contributed by atoms with E-state index in [0.29, 0.717) is 10.6 Å². The summed E-state index contributed by atoms with van der Waals surface area (Å²) in [7, 11) is 0. The Balaban J connectivity index is 2.32. The maximum absolute atomic E-state index is 12.2. The van der Waals surface area contributed by atoms with E-state index in [2.05, 4.69) is 10.3 Å². The average Bonchev–Trinajstić information content (AvgIpc) is 2.34. The third-order valence-corrected chi connectivity index (χ3v) is 3.26. The maximum Gasteiger partial charge on any atom is 0.258 e. The number of aromatic nitrogens is 1. The number of aryl methyl sites for hydroxylation is 3. The lowest BCUT2D eigenvalue weighted by atomic mass is 10.0. The zero-order valence-electron chi connectivity index (χ0n) is 11.1. The van der Waals surface area contributed by atoms with Gasteiger partial charge in [-0.1, -0.05) is 29.3 Å². The Morgan fingerprint density at radius 3 is 2.42 bits per heavy atom. The molecule has 0 fully saturated rings. The van der Waals surface area contributed by atoms with Crippen molar-refractivity contribution in [1.29, 1.82) is 0 Å². The number of amides is 1. The van der Waals surface area contributed by atoms with Crippen LogP contribution in [-0.2, 0) is 0 Å². The largest absolute Gasteiger partial charge is 0.321 e. The smallest absolute Gasteiger partial charge is 0.258 e. The second-order valence-electron chi connectivity index (χ2n) is 4.58. The van der Waals surface area contributed by atoms with E-state index in [1.807, 2.05) is 32.9 Å². The Hall–Kier alpha value is -1.87. The maximum atomic E-state index is 12.2. The van der Waals surface area contributed by atoms with Gasteiger partial charge in [0.15, 0.2) is 0 Å². The molecule has 0 saturated carbocycles. The lowest BCUT2D eigenvalue weighted by Gasteiger charge is -2.13. The van der Waals surface area contributed by atoms with Crippen molar-refractivity contribution in [2.45, 2.75) is 20.8 Å². The summed E-state index contributed by atoms with van der Waals surface area (Å²) in [6, 6.07) is 5.67. The summed E-state index contributed by atoms with van der Waals surface area (Å²) in [5, 5.41) is 3.30. The van der Waals surface area contributed by atoms with Crippen LogP contribution >= 0.6 is 11.6 Å². The molecule has 1 N–H and O–H groups in total. The molecular formula is C15H15ClN2O. The standard InChI is InChI=1S/C15H15ClN2O/c1-9-6-10(2)14(11(3)7-9)18-15(19)12-8-17-5-4-13(12)16/h4-8H,1-3H3,(H,18,19). The highest BCUT2D eigenvalue weighted by atomic mass is 35.5. The highest BCUT2D eigenvalue weighted by molar-refractivity contribution is 6.34. The minimum atomic E-state index is -0.242. The van der Waals surface area contributed by atoms with E-state index < -0.39 is 0 Å². The molecule has 1 aromatic carbocycles. The number of anilines is 1. The molecule has 0 atom stereocenters. The van der Waals surface area contributed by atoms with Crippen molar-refractivity contribution < 1.29 is 4.79 Å². The number of pyridine rings is 1. The number of hydrogen-bond donors (Lipinski definition) is 1. The van der Waals surface area contributed by atoms with Crippen LogP contribution in [0.2, 0.25) is 5.02 Å². The molecule has 0 saturated heterocycles. The van der Waals surface area contributed by atoms with Crippen molar-refractivity contribution in [3.63, 3.8) is 0 Å². The van der Waals surface area contributed by atoms with Gasteiger partial charge >= 0.3 is 0 Å². The first kappa shape index (κ1) is 13.6. The van der Waals surface area contributed by atoms with E-state index in [-0.39, 0.29) is 5.91 Å². The van der Waals surface area contributed by atoms with Crippen molar-refractivity contribution >= 4 is 23.2 Å². The normalized spacial score (nSPS) is 10.3. The van der Waals surface area contributed by atoms with Crippen LogP contribution in [0.3, 0.4) is 0 Å². The summed E-state index contributed by atoms with van der Waals surface area (Å²) in [5.74, 6) is -0.242. The zero-order valence-corrected chi connectivity index (χ0v) is 11.9. The number of rotatable bonds is 2. The second kappa shape index (κ2) is 5.41. The molecule has 0 unspecified atom stereocenters. The number of benzene rings is 1. The highest BCUT2D eigenvalue weighted by Gasteiger charge is 2.13. The predicted molar refractivity (Wildman–Crippen MR) is 77.9 cm³/mol. The van der Waals surface area contributed by atoms with Crippen LogP contribution in [0.15, 0.2) is 30.6 Å². The van der Waals surface area contributed by atoms with Gasteiger partial charge in [-0.15, -0.1) is 0 Å². The summed E-state index contributed by atoms with van der Waals surface area (Å²) >= 11 is 5.99. The van der Waals surface area contributed by atoms with Crippen LogP contribution in [0.1, 0.15) is 27.0 Å². The molecule has 3 nitrogen and oxygen atoms in total. The summed E-state index contributed by atoms with van der Waals surface area (Å²) in [6.45, 7) is 5.98. The van der Waals surface area contributed by atoms with Crippen LogP contribution in [0, 0.1) is 20.8 Å². The van der Waals surface area contributed by atoms with Crippen LogP contribution < -0.4 is 5.32 Å². The molecule has 0 bridgehead atoms. The average molecular weight is 275 g/mol. The molecule has 4 heteroatoms. The molecular weight excluding hydrogens is 260 g/mol. The van der Waals surface area contributed by atoms with E-state index >= 15 is 0 Å². The molecule has 98 valence electrons. The zero-order chi connectivity index (χ0) is 14.0. The third-order valence-electron chi connectivity index (χ3n) is 2.93. The Morgan fingerprint density at radius 2 is 1.84 bits per heavy atom. The molecule has 1 aromatic heterocycles. The first-order valence-electron chi connectivity index (χ1n) is 5.97. The van der Waals surface area contributed by atoms with Crippen molar-refractivity contribution in [3.8, 4) is 0 Å². The molecule has 1 amide bonds. The Morgan fingerprint density at radius 1 is 1.21 bits per heavy atom. The van der Waals surface area contributed by atoms with Gasteiger partial charge in [-0.3, -0.25) is 9.78 Å². The van der Waals surface area contributed by atoms with Gasteiger partial charge in [-0.25, -0.2) is 0 Å². The molecule has 0 spiro atoms. The lowest BCUT2D eigenvalue weighted by Crippen LogP contribution is -2.14. The van der Waals surface area contributed by atoms with Crippen molar-refractivity contribution in [1.82, 2.24) is 4.98 Å². The van der Waals surface area contributed by atoms with Crippen LogP contribution in [0.25, 0.3) is 0 Å². The van der Waals surface area contributed by atoms with E-state index in [0.717, 1.165) is 16.8 Å². The van der Waals surface area contributed by atoms with Gasteiger partial charge in [-0.05, 0) is 38.0 Å². The molecule has 0 aliphatic carbocycles. The molecule has 0 radical (unpaired) electrons. The number of hydrogen-bond acceptors (Lipinski definition) is 2. The Bertz CT molecular complexity index is 615. The van der Waals surface area contributed by atoms with Crippen molar-refractivity contribution in [3.05, 3.63) is 57.9 Å². The minimum absolute atomic E-state index is 0.242. The minimum Gasteiger partial charge on any atom is -0.321 e. The van der Waals surface area contributed by atoms with Gasteiger partial charge in [0.05, 0.1) is 10.6 Å². The van der Waals surface area contributed by atoms with Crippen LogP contribution in [-0.4, -0.2) is 10.9 Å². The second-order valence-corrected chi connectivity index (χ2v) is 4.99. The molecule has 2 rings (SSSR count). The lowest BCUT2D eigenvalue weighted by molar-refractivity contribution is 0.102. The fraction of sp³-hybridized carbons (Fsp3) is 0.200. The van der Waals surface area contributed by atoms with Gasteiger partial charge in [0.2, 0.25) is 0 Å².